The standard InChI is InChI=1S/C23H16Cl2N6O2S2/c1-2-18-28-29-23-31(18)30-21(35-23)12-5-3-6-13(11-12)26-22(34)27-20(32)17-10-9-16(33-17)14-7-4-8-15(24)19(14)25/h3-11H,2H2,1H3,(H2,26,27,32,34). The Morgan fingerprint density at radius 3 is 2.80 bits per heavy atom. The molecule has 0 spiro atoms. The lowest BCUT2D eigenvalue weighted by molar-refractivity contribution is 0.0951. The highest BCUT2D eigenvalue weighted by molar-refractivity contribution is 7.80. The molecule has 35 heavy (non-hydrogen) atoms. The summed E-state index contributed by atoms with van der Waals surface area (Å²) in [6.07, 6.45) is 0.739. The first-order chi connectivity index (χ1) is 16.9. The molecule has 12 heteroatoms. The third-order valence-corrected chi connectivity index (χ3v) is 6.98. The number of nitrogens with zero attached hydrogens (tertiary/aromatic N) is 4. The van der Waals surface area contributed by atoms with E-state index in [1.165, 1.54) is 11.3 Å². The third-order valence-electron chi connectivity index (χ3n) is 5.01. The molecule has 8 nitrogen and oxygen atoms in total. The van der Waals surface area contributed by atoms with E-state index >= 15 is 0 Å². The number of halogens is 2. The van der Waals surface area contributed by atoms with Gasteiger partial charge in [-0.15, -0.1) is 10.2 Å². The van der Waals surface area contributed by atoms with E-state index in [1.807, 2.05) is 31.2 Å². The second kappa shape index (κ2) is 9.74. The van der Waals surface area contributed by atoms with Crippen molar-refractivity contribution in [2.45, 2.75) is 13.3 Å². The van der Waals surface area contributed by atoms with Crippen molar-refractivity contribution in [2.75, 3.05) is 5.32 Å². The Morgan fingerprint density at radius 1 is 1.14 bits per heavy atom. The molecule has 3 aromatic heterocycles. The number of thiocarbonyl (C=S) groups is 1. The van der Waals surface area contributed by atoms with E-state index in [0.717, 1.165) is 27.8 Å². The Morgan fingerprint density at radius 2 is 1.97 bits per heavy atom. The number of benzene rings is 2. The van der Waals surface area contributed by atoms with E-state index in [-0.39, 0.29) is 10.9 Å². The normalized spacial score (nSPS) is 11.1. The van der Waals surface area contributed by atoms with Crippen molar-refractivity contribution in [2.24, 2.45) is 0 Å². The van der Waals surface area contributed by atoms with Crippen LogP contribution in [0.3, 0.4) is 0 Å². The second-order valence-electron chi connectivity index (χ2n) is 7.33. The maximum absolute atomic E-state index is 12.6. The van der Waals surface area contributed by atoms with Crippen LogP contribution in [0.2, 0.25) is 10.0 Å². The highest BCUT2D eigenvalue weighted by Gasteiger charge is 2.17. The van der Waals surface area contributed by atoms with Crippen molar-refractivity contribution in [3.05, 3.63) is 76.2 Å². The fourth-order valence-electron chi connectivity index (χ4n) is 3.35. The number of furan rings is 1. The summed E-state index contributed by atoms with van der Waals surface area (Å²) in [7, 11) is 0. The summed E-state index contributed by atoms with van der Waals surface area (Å²) in [6, 6.07) is 15.9. The summed E-state index contributed by atoms with van der Waals surface area (Å²) >= 11 is 19.1. The van der Waals surface area contributed by atoms with Gasteiger partial charge in [0.25, 0.3) is 5.91 Å². The quantitative estimate of drug-likeness (QED) is 0.258. The monoisotopic (exact) mass is 542 g/mol. The topological polar surface area (TPSA) is 97.3 Å². The number of amides is 1. The average molecular weight is 543 g/mol. The molecule has 3 heterocycles. The van der Waals surface area contributed by atoms with Crippen LogP contribution in [0.4, 0.5) is 5.69 Å². The van der Waals surface area contributed by atoms with Gasteiger partial charge in [0.05, 0.1) is 10.0 Å². The average Bonchev–Trinajstić information content (AvgIpc) is 3.57. The molecule has 1 amide bonds. The van der Waals surface area contributed by atoms with Crippen molar-refractivity contribution in [1.29, 1.82) is 0 Å². The Bertz CT molecular complexity index is 1580. The Balaban J connectivity index is 1.27. The smallest absolute Gasteiger partial charge is 0.293 e. The summed E-state index contributed by atoms with van der Waals surface area (Å²) in [5.41, 5.74) is 2.17. The molecule has 2 N–H and O–H groups in total. The van der Waals surface area contributed by atoms with Crippen molar-refractivity contribution in [3.63, 3.8) is 0 Å². The van der Waals surface area contributed by atoms with Gasteiger partial charge in [0.15, 0.2) is 16.7 Å². The van der Waals surface area contributed by atoms with E-state index in [1.54, 1.807) is 34.8 Å². The molecule has 2 aromatic carbocycles. The second-order valence-corrected chi connectivity index (χ2v) is 9.48. The fraction of sp³-hybridized carbons (Fsp3) is 0.0870. The number of carbonyl (C=O) groups is 1. The predicted octanol–water partition coefficient (Wildman–Crippen LogP) is 6.11. The molecule has 0 fully saturated rings. The summed E-state index contributed by atoms with van der Waals surface area (Å²) in [5.74, 6) is 0.814. The Labute approximate surface area is 218 Å². The molecule has 5 aromatic rings. The van der Waals surface area contributed by atoms with Crippen LogP contribution in [0, 0.1) is 0 Å². The molecule has 0 aliphatic carbocycles. The SMILES string of the molecule is CCc1nnc2sc(-c3cccc(NC(=S)NC(=O)c4ccc(-c5cccc(Cl)c5Cl)o4)c3)nn12. The zero-order valence-electron chi connectivity index (χ0n) is 18.1. The fourth-order valence-corrected chi connectivity index (χ4v) is 4.81. The minimum Gasteiger partial charge on any atom is -0.451 e. The van der Waals surface area contributed by atoms with Gasteiger partial charge >= 0.3 is 0 Å². The van der Waals surface area contributed by atoms with E-state index in [9.17, 15) is 4.79 Å². The van der Waals surface area contributed by atoms with Crippen LogP contribution in [0.25, 0.3) is 26.9 Å². The van der Waals surface area contributed by atoms with Gasteiger partial charge in [-0.05, 0) is 48.6 Å². The maximum atomic E-state index is 12.6. The van der Waals surface area contributed by atoms with Gasteiger partial charge in [0, 0.05) is 23.2 Å². The molecule has 0 atom stereocenters. The first-order valence-electron chi connectivity index (χ1n) is 10.4. The molecule has 0 saturated carbocycles. The summed E-state index contributed by atoms with van der Waals surface area (Å²) in [4.78, 5) is 13.4. The number of fused-ring (bicyclic) bond motifs is 1. The highest BCUT2D eigenvalue weighted by Crippen LogP contribution is 2.34. The molecule has 0 aliphatic heterocycles. The Kier molecular flexibility index (Phi) is 6.52. The third kappa shape index (κ3) is 4.78. The highest BCUT2D eigenvalue weighted by atomic mass is 35.5. The van der Waals surface area contributed by atoms with Gasteiger partial charge in [0.2, 0.25) is 4.96 Å². The van der Waals surface area contributed by atoms with Gasteiger partial charge in [0.1, 0.15) is 10.8 Å². The lowest BCUT2D eigenvalue weighted by Gasteiger charge is -2.09. The van der Waals surface area contributed by atoms with Crippen LogP contribution in [-0.4, -0.2) is 30.8 Å². The number of carbonyl (C=O) groups excluding carboxylic acids is 1. The minimum absolute atomic E-state index is 0.0837. The first-order valence-corrected chi connectivity index (χ1v) is 12.4. The van der Waals surface area contributed by atoms with E-state index in [4.69, 9.17) is 39.8 Å². The van der Waals surface area contributed by atoms with Gasteiger partial charge in [-0.2, -0.15) is 9.61 Å². The zero-order chi connectivity index (χ0) is 24.5. The van der Waals surface area contributed by atoms with Gasteiger partial charge in [-0.1, -0.05) is 59.7 Å². The molecule has 5 rings (SSSR count). The van der Waals surface area contributed by atoms with Crippen LogP contribution >= 0.6 is 46.8 Å². The summed E-state index contributed by atoms with van der Waals surface area (Å²) < 4.78 is 7.42. The van der Waals surface area contributed by atoms with Crippen LogP contribution in [0.15, 0.2) is 59.0 Å². The van der Waals surface area contributed by atoms with Crippen LogP contribution < -0.4 is 10.6 Å². The molecule has 0 radical (unpaired) electrons. The number of rotatable bonds is 5. The Hall–Kier alpha value is -3.31. The maximum Gasteiger partial charge on any atom is 0.293 e. The first kappa shape index (κ1) is 23.4. The molecular formula is C23H16Cl2N6O2S2. The van der Waals surface area contributed by atoms with Gasteiger partial charge in [-0.3, -0.25) is 10.1 Å². The number of aryl methyl sites for hydroxylation is 1. The molecule has 0 bridgehead atoms. The molecule has 0 aliphatic rings. The number of aromatic nitrogens is 4. The van der Waals surface area contributed by atoms with Crippen molar-refractivity contribution < 1.29 is 9.21 Å². The van der Waals surface area contributed by atoms with Crippen LogP contribution in [-0.2, 0) is 6.42 Å². The number of anilines is 1. The van der Waals surface area contributed by atoms with Crippen LogP contribution in [0.5, 0.6) is 0 Å². The minimum atomic E-state index is -0.496. The molecule has 0 saturated heterocycles. The van der Waals surface area contributed by atoms with E-state index < -0.39 is 5.91 Å². The number of hydrogen-bond donors (Lipinski definition) is 2. The lowest BCUT2D eigenvalue weighted by atomic mass is 10.2. The van der Waals surface area contributed by atoms with Gasteiger partial charge in [-0.25, -0.2) is 0 Å². The zero-order valence-corrected chi connectivity index (χ0v) is 21.2. The predicted molar refractivity (Wildman–Crippen MR) is 141 cm³/mol. The molecule has 0 unspecified atom stereocenters. The van der Waals surface area contributed by atoms with Gasteiger partial charge < -0.3 is 9.73 Å². The van der Waals surface area contributed by atoms with Crippen molar-refractivity contribution in [3.8, 4) is 21.9 Å². The van der Waals surface area contributed by atoms with Crippen LogP contribution in [0.1, 0.15) is 23.3 Å². The molecule has 176 valence electrons. The largest absolute Gasteiger partial charge is 0.451 e. The summed E-state index contributed by atoms with van der Waals surface area (Å²) in [6.45, 7) is 2.01. The van der Waals surface area contributed by atoms with E-state index in [0.29, 0.717) is 27.1 Å². The lowest BCUT2D eigenvalue weighted by Crippen LogP contribution is -2.33. The number of hydrogen-bond acceptors (Lipinski definition) is 7. The summed E-state index contributed by atoms with van der Waals surface area (Å²) in [5, 5.41) is 20.2. The van der Waals surface area contributed by atoms with Crippen molar-refractivity contribution in [1.82, 2.24) is 25.1 Å². The molecular weight excluding hydrogens is 527 g/mol. The van der Waals surface area contributed by atoms with E-state index in [2.05, 4.69) is 25.9 Å². The van der Waals surface area contributed by atoms with Crippen molar-refractivity contribution >= 4 is 68.4 Å². The number of nitrogens with one attached hydrogen (secondary N) is 2.